The van der Waals surface area contributed by atoms with E-state index in [4.69, 9.17) is 4.74 Å². The molecular formula is C20H18F2N4O2. The second-order valence-electron chi connectivity index (χ2n) is 6.20. The molecule has 0 radical (unpaired) electrons. The van der Waals surface area contributed by atoms with E-state index in [-0.39, 0.29) is 17.6 Å². The smallest absolute Gasteiger partial charge is 0.276 e. The lowest BCUT2D eigenvalue weighted by molar-refractivity contribution is 0.102. The van der Waals surface area contributed by atoms with Gasteiger partial charge in [0.2, 0.25) is 0 Å². The summed E-state index contributed by atoms with van der Waals surface area (Å²) in [6.45, 7) is 3.86. The van der Waals surface area contributed by atoms with Crippen LogP contribution >= 0.6 is 0 Å². The normalized spacial score (nSPS) is 10.6. The van der Waals surface area contributed by atoms with Gasteiger partial charge in [-0.25, -0.2) is 8.78 Å². The minimum Gasteiger partial charge on any atom is -0.491 e. The van der Waals surface area contributed by atoms with Crippen LogP contribution in [0.4, 0.5) is 26.0 Å². The summed E-state index contributed by atoms with van der Waals surface area (Å²) in [4.78, 5) is 12.3. The van der Waals surface area contributed by atoms with Gasteiger partial charge in [0, 0.05) is 17.4 Å². The van der Waals surface area contributed by atoms with Crippen LogP contribution in [0.5, 0.6) is 5.75 Å². The maximum Gasteiger partial charge on any atom is 0.276 e. The van der Waals surface area contributed by atoms with Gasteiger partial charge in [-0.05, 0) is 62.4 Å². The SMILES string of the molecule is CC(C)Oc1ccc(NC(=O)c2ccc(Nc3ccc(F)c(F)c3)nn2)cc1. The molecule has 1 aromatic heterocycles. The van der Waals surface area contributed by atoms with Crippen molar-refractivity contribution in [1.82, 2.24) is 10.2 Å². The minimum atomic E-state index is -0.973. The fourth-order valence-corrected chi connectivity index (χ4v) is 2.33. The van der Waals surface area contributed by atoms with Crippen LogP contribution in [0, 0.1) is 11.6 Å². The number of nitrogens with one attached hydrogen (secondary N) is 2. The van der Waals surface area contributed by atoms with Gasteiger partial charge in [0.05, 0.1) is 6.10 Å². The largest absolute Gasteiger partial charge is 0.491 e. The lowest BCUT2D eigenvalue weighted by Crippen LogP contribution is -2.14. The van der Waals surface area contributed by atoms with E-state index in [0.717, 1.165) is 12.1 Å². The molecule has 0 bridgehead atoms. The number of halogens is 2. The van der Waals surface area contributed by atoms with Crippen molar-refractivity contribution in [2.24, 2.45) is 0 Å². The van der Waals surface area contributed by atoms with Crippen molar-refractivity contribution in [1.29, 1.82) is 0 Å². The molecule has 0 fully saturated rings. The lowest BCUT2D eigenvalue weighted by atomic mass is 10.2. The van der Waals surface area contributed by atoms with Crippen molar-refractivity contribution in [3.63, 3.8) is 0 Å². The third-order valence-corrected chi connectivity index (χ3v) is 3.57. The fraction of sp³-hybridized carbons (Fsp3) is 0.150. The first kappa shape index (κ1) is 19.2. The number of amides is 1. The molecule has 144 valence electrons. The molecule has 3 rings (SSSR count). The third kappa shape index (κ3) is 5.00. The number of carbonyl (C=O) groups is 1. The number of hydrogen-bond acceptors (Lipinski definition) is 5. The van der Waals surface area contributed by atoms with E-state index in [1.54, 1.807) is 24.3 Å². The number of hydrogen-bond donors (Lipinski definition) is 2. The Morgan fingerprint density at radius 1 is 0.929 bits per heavy atom. The summed E-state index contributed by atoms with van der Waals surface area (Å²) < 4.78 is 31.7. The van der Waals surface area contributed by atoms with Crippen LogP contribution in [-0.4, -0.2) is 22.2 Å². The van der Waals surface area contributed by atoms with Crippen molar-refractivity contribution in [3.05, 3.63) is 71.9 Å². The highest BCUT2D eigenvalue weighted by Gasteiger charge is 2.10. The predicted octanol–water partition coefficient (Wildman–Crippen LogP) is 4.54. The van der Waals surface area contributed by atoms with Gasteiger partial charge in [-0.15, -0.1) is 10.2 Å². The van der Waals surface area contributed by atoms with Gasteiger partial charge in [-0.3, -0.25) is 4.79 Å². The molecule has 8 heteroatoms. The van der Waals surface area contributed by atoms with Gasteiger partial charge in [-0.1, -0.05) is 0 Å². The number of rotatable bonds is 6. The van der Waals surface area contributed by atoms with Gasteiger partial charge in [0.25, 0.3) is 5.91 Å². The molecule has 0 aliphatic heterocycles. The molecule has 2 aromatic carbocycles. The van der Waals surface area contributed by atoms with Crippen LogP contribution in [0.2, 0.25) is 0 Å². The zero-order valence-corrected chi connectivity index (χ0v) is 15.2. The molecule has 0 spiro atoms. The van der Waals surface area contributed by atoms with Crippen molar-refractivity contribution >= 4 is 23.1 Å². The van der Waals surface area contributed by atoms with Crippen LogP contribution in [-0.2, 0) is 0 Å². The van der Waals surface area contributed by atoms with E-state index in [2.05, 4.69) is 20.8 Å². The van der Waals surface area contributed by atoms with E-state index in [9.17, 15) is 13.6 Å². The van der Waals surface area contributed by atoms with Crippen molar-refractivity contribution < 1.29 is 18.3 Å². The first-order valence-corrected chi connectivity index (χ1v) is 8.54. The molecule has 0 aliphatic carbocycles. The van der Waals surface area contributed by atoms with Gasteiger partial charge in [0.1, 0.15) is 5.75 Å². The van der Waals surface area contributed by atoms with Crippen molar-refractivity contribution in [2.45, 2.75) is 20.0 Å². The Morgan fingerprint density at radius 2 is 1.64 bits per heavy atom. The van der Waals surface area contributed by atoms with E-state index in [1.807, 2.05) is 13.8 Å². The number of nitrogens with zero attached hydrogens (tertiary/aromatic N) is 2. The monoisotopic (exact) mass is 384 g/mol. The van der Waals surface area contributed by atoms with Gasteiger partial charge < -0.3 is 15.4 Å². The Bertz CT molecular complexity index is 961. The zero-order chi connectivity index (χ0) is 20.1. The van der Waals surface area contributed by atoms with Gasteiger partial charge in [0.15, 0.2) is 23.1 Å². The molecule has 1 heterocycles. The van der Waals surface area contributed by atoms with Crippen LogP contribution in [0.3, 0.4) is 0 Å². The number of ether oxygens (including phenoxy) is 1. The molecule has 28 heavy (non-hydrogen) atoms. The zero-order valence-electron chi connectivity index (χ0n) is 15.2. The highest BCUT2D eigenvalue weighted by atomic mass is 19.2. The second-order valence-corrected chi connectivity index (χ2v) is 6.20. The first-order valence-electron chi connectivity index (χ1n) is 8.54. The van der Waals surface area contributed by atoms with E-state index >= 15 is 0 Å². The molecule has 6 nitrogen and oxygen atoms in total. The first-order chi connectivity index (χ1) is 13.4. The summed E-state index contributed by atoms with van der Waals surface area (Å²) in [6.07, 6.45) is 0.0641. The predicted molar refractivity (Wildman–Crippen MR) is 102 cm³/mol. The van der Waals surface area contributed by atoms with Gasteiger partial charge >= 0.3 is 0 Å². The molecular weight excluding hydrogens is 366 g/mol. The standard InChI is InChI=1S/C20H18F2N4O2/c1-12(2)28-15-6-3-13(4-7-15)24-20(27)18-9-10-19(26-25-18)23-14-5-8-16(21)17(22)11-14/h3-12H,1-2H3,(H,23,26)(H,24,27). The Kier molecular flexibility index (Phi) is 5.78. The number of carbonyl (C=O) groups excluding carboxylic acids is 1. The average molecular weight is 384 g/mol. The topological polar surface area (TPSA) is 76.1 Å². The summed E-state index contributed by atoms with van der Waals surface area (Å²) in [5, 5.41) is 13.2. The molecule has 2 N–H and O–H groups in total. The van der Waals surface area contributed by atoms with Crippen molar-refractivity contribution in [2.75, 3.05) is 10.6 Å². The maximum absolute atomic E-state index is 13.2. The minimum absolute atomic E-state index is 0.0641. The summed E-state index contributed by atoms with van der Waals surface area (Å²) in [5.74, 6) is -1.34. The number of aromatic nitrogens is 2. The molecule has 0 unspecified atom stereocenters. The lowest BCUT2D eigenvalue weighted by Gasteiger charge is -2.10. The van der Waals surface area contributed by atoms with Crippen LogP contribution in [0.1, 0.15) is 24.3 Å². The van der Waals surface area contributed by atoms with E-state index in [0.29, 0.717) is 17.1 Å². The Morgan fingerprint density at radius 3 is 2.25 bits per heavy atom. The maximum atomic E-state index is 13.2. The number of benzene rings is 2. The summed E-state index contributed by atoms with van der Waals surface area (Å²) in [5.41, 5.74) is 1.01. The highest BCUT2D eigenvalue weighted by molar-refractivity contribution is 6.02. The fourth-order valence-electron chi connectivity index (χ4n) is 2.33. The third-order valence-electron chi connectivity index (χ3n) is 3.57. The molecule has 0 saturated heterocycles. The van der Waals surface area contributed by atoms with Crippen LogP contribution < -0.4 is 15.4 Å². The van der Waals surface area contributed by atoms with Crippen molar-refractivity contribution in [3.8, 4) is 5.75 Å². The summed E-state index contributed by atoms with van der Waals surface area (Å²) in [7, 11) is 0. The van der Waals surface area contributed by atoms with Crippen LogP contribution in [0.25, 0.3) is 0 Å². The van der Waals surface area contributed by atoms with E-state index in [1.165, 1.54) is 18.2 Å². The molecule has 0 saturated carbocycles. The quantitative estimate of drug-likeness (QED) is 0.653. The highest BCUT2D eigenvalue weighted by Crippen LogP contribution is 2.19. The number of anilines is 3. The average Bonchev–Trinajstić information content (AvgIpc) is 2.66. The molecule has 3 aromatic rings. The molecule has 1 amide bonds. The molecule has 0 atom stereocenters. The van der Waals surface area contributed by atoms with Crippen LogP contribution in [0.15, 0.2) is 54.6 Å². The summed E-state index contributed by atoms with van der Waals surface area (Å²) in [6, 6.07) is 13.3. The Balaban J connectivity index is 1.62. The Labute approximate surface area is 160 Å². The summed E-state index contributed by atoms with van der Waals surface area (Å²) >= 11 is 0. The Hall–Kier alpha value is -3.55. The van der Waals surface area contributed by atoms with E-state index < -0.39 is 17.5 Å². The second kappa shape index (κ2) is 8.43. The molecule has 0 aliphatic rings. The van der Waals surface area contributed by atoms with Gasteiger partial charge in [-0.2, -0.15) is 0 Å².